The Morgan fingerprint density at radius 2 is 2.19 bits per heavy atom. The van der Waals surface area contributed by atoms with Crippen molar-refractivity contribution in [3.63, 3.8) is 0 Å². The highest BCUT2D eigenvalue weighted by Crippen LogP contribution is 2.31. The first-order valence-corrected chi connectivity index (χ1v) is 5.10. The van der Waals surface area contributed by atoms with Crippen molar-refractivity contribution in [3.05, 3.63) is 23.8 Å². The zero-order valence-electron chi connectivity index (χ0n) is 9.69. The lowest BCUT2D eigenvalue weighted by Gasteiger charge is -2.12. The maximum absolute atomic E-state index is 10.2. The second kappa shape index (κ2) is 5.93. The topological polar surface area (TPSA) is 47.9 Å². The molecule has 0 radical (unpaired) electrons. The van der Waals surface area contributed by atoms with Gasteiger partial charge in [0.1, 0.15) is 0 Å². The van der Waals surface area contributed by atoms with Crippen LogP contribution in [0.25, 0.3) is 0 Å². The van der Waals surface area contributed by atoms with Crippen LogP contribution in [0.4, 0.5) is 0 Å². The van der Waals surface area contributed by atoms with Crippen LogP contribution >= 0.6 is 0 Å². The Morgan fingerprint density at radius 1 is 1.44 bits per heavy atom. The zero-order chi connectivity index (χ0) is 12.0. The molecular weight excluding hydrogens is 206 g/mol. The van der Waals surface area contributed by atoms with Gasteiger partial charge in [0.2, 0.25) is 6.08 Å². The summed E-state index contributed by atoms with van der Waals surface area (Å²) in [6, 6.07) is 5.27. The number of hydrogen-bond donors (Lipinski definition) is 0. The fraction of sp³-hybridized carbons (Fsp3) is 0.417. The molecule has 16 heavy (non-hydrogen) atoms. The summed E-state index contributed by atoms with van der Waals surface area (Å²) in [5, 5.41) is 0. The van der Waals surface area contributed by atoms with Crippen molar-refractivity contribution in [1.29, 1.82) is 0 Å². The van der Waals surface area contributed by atoms with Crippen molar-refractivity contribution in [3.8, 4) is 11.5 Å². The van der Waals surface area contributed by atoms with Crippen LogP contribution in [0.2, 0.25) is 0 Å². The SMILES string of the molecule is CCOc1ccc(C(C)N=C=O)cc1OC. The molecule has 1 unspecified atom stereocenters. The fourth-order valence-corrected chi connectivity index (χ4v) is 1.37. The molecule has 0 aliphatic heterocycles. The molecule has 4 nitrogen and oxygen atoms in total. The number of methoxy groups -OCH3 is 1. The molecule has 0 fully saturated rings. The van der Waals surface area contributed by atoms with Crippen LogP contribution < -0.4 is 9.47 Å². The zero-order valence-corrected chi connectivity index (χ0v) is 9.69. The minimum Gasteiger partial charge on any atom is -0.493 e. The van der Waals surface area contributed by atoms with Crippen LogP contribution in [0, 0.1) is 0 Å². The molecule has 0 aromatic heterocycles. The highest BCUT2D eigenvalue weighted by atomic mass is 16.5. The molecule has 86 valence electrons. The number of rotatable bonds is 5. The van der Waals surface area contributed by atoms with Crippen molar-refractivity contribution in [2.75, 3.05) is 13.7 Å². The van der Waals surface area contributed by atoms with Crippen LogP contribution in [0.15, 0.2) is 23.2 Å². The summed E-state index contributed by atoms with van der Waals surface area (Å²) >= 11 is 0. The summed E-state index contributed by atoms with van der Waals surface area (Å²) in [6.07, 6.45) is 1.55. The third-order valence-corrected chi connectivity index (χ3v) is 2.22. The first-order chi connectivity index (χ1) is 7.72. The average molecular weight is 221 g/mol. The molecule has 0 aliphatic rings. The number of isocyanates is 1. The van der Waals surface area contributed by atoms with Crippen LogP contribution in [-0.4, -0.2) is 19.8 Å². The number of ether oxygens (including phenoxy) is 2. The van der Waals surface area contributed by atoms with E-state index < -0.39 is 0 Å². The molecule has 4 heteroatoms. The van der Waals surface area contributed by atoms with E-state index in [4.69, 9.17) is 9.47 Å². The smallest absolute Gasteiger partial charge is 0.235 e. The number of benzene rings is 1. The van der Waals surface area contributed by atoms with E-state index in [1.807, 2.05) is 32.0 Å². The van der Waals surface area contributed by atoms with Gasteiger partial charge in [-0.15, -0.1) is 0 Å². The van der Waals surface area contributed by atoms with E-state index in [1.54, 1.807) is 13.2 Å². The van der Waals surface area contributed by atoms with E-state index in [-0.39, 0.29) is 6.04 Å². The maximum Gasteiger partial charge on any atom is 0.235 e. The largest absolute Gasteiger partial charge is 0.493 e. The lowest BCUT2D eigenvalue weighted by Crippen LogP contribution is -1.97. The summed E-state index contributed by atoms with van der Waals surface area (Å²) in [5.41, 5.74) is 0.892. The minimum absolute atomic E-state index is 0.220. The number of nitrogens with zero attached hydrogens (tertiary/aromatic N) is 1. The van der Waals surface area contributed by atoms with Crippen LogP contribution in [-0.2, 0) is 4.79 Å². The molecule has 0 saturated heterocycles. The van der Waals surface area contributed by atoms with Crippen molar-refractivity contribution in [1.82, 2.24) is 0 Å². The summed E-state index contributed by atoms with van der Waals surface area (Å²) in [5.74, 6) is 1.34. The van der Waals surface area contributed by atoms with E-state index in [0.717, 1.165) is 5.56 Å². The lowest BCUT2D eigenvalue weighted by molar-refractivity contribution is 0.310. The van der Waals surface area contributed by atoms with Gasteiger partial charge in [0.15, 0.2) is 11.5 Å². The van der Waals surface area contributed by atoms with Gasteiger partial charge >= 0.3 is 0 Å². The molecule has 1 rings (SSSR count). The predicted molar refractivity (Wildman–Crippen MR) is 60.7 cm³/mol. The van der Waals surface area contributed by atoms with E-state index in [2.05, 4.69) is 4.99 Å². The summed E-state index contributed by atoms with van der Waals surface area (Å²) < 4.78 is 10.6. The predicted octanol–water partition coefficient (Wildman–Crippen LogP) is 2.49. The van der Waals surface area contributed by atoms with Gasteiger partial charge in [0.05, 0.1) is 19.8 Å². The van der Waals surface area contributed by atoms with Crippen molar-refractivity contribution in [2.45, 2.75) is 19.9 Å². The standard InChI is InChI=1S/C12H15NO3/c1-4-16-11-6-5-10(7-12(11)15-3)9(2)13-8-14/h5-7,9H,4H2,1-3H3. The quantitative estimate of drug-likeness (QED) is 0.567. The van der Waals surface area contributed by atoms with Gasteiger partial charge in [-0.25, -0.2) is 4.79 Å². The van der Waals surface area contributed by atoms with E-state index in [9.17, 15) is 4.79 Å². The summed E-state index contributed by atoms with van der Waals surface area (Å²) in [4.78, 5) is 13.8. The van der Waals surface area contributed by atoms with Crippen LogP contribution in [0.1, 0.15) is 25.5 Å². The highest BCUT2D eigenvalue weighted by molar-refractivity contribution is 5.44. The second-order valence-corrected chi connectivity index (χ2v) is 3.24. The molecule has 1 atom stereocenters. The summed E-state index contributed by atoms with van der Waals surface area (Å²) in [6.45, 7) is 4.31. The van der Waals surface area contributed by atoms with E-state index in [1.165, 1.54) is 0 Å². The molecular formula is C12H15NO3. The average Bonchev–Trinajstić information content (AvgIpc) is 2.30. The third-order valence-electron chi connectivity index (χ3n) is 2.22. The van der Waals surface area contributed by atoms with Gasteiger partial charge in [0.25, 0.3) is 0 Å². The monoisotopic (exact) mass is 221 g/mol. The Labute approximate surface area is 94.9 Å². The molecule has 0 spiro atoms. The van der Waals surface area contributed by atoms with Crippen molar-refractivity contribution >= 4 is 6.08 Å². The van der Waals surface area contributed by atoms with Gasteiger partial charge in [-0.05, 0) is 31.5 Å². The molecule has 0 heterocycles. The molecule has 1 aromatic rings. The molecule has 0 N–H and O–H groups in total. The minimum atomic E-state index is -0.220. The fourth-order valence-electron chi connectivity index (χ4n) is 1.37. The number of aliphatic imine (C=N–C) groups is 1. The maximum atomic E-state index is 10.2. The lowest BCUT2D eigenvalue weighted by atomic mass is 10.1. The van der Waals surface area contributed by atoms with Gasteiger partial charge in [0, 0.05) is 0 Å². The van der Waals surface area contributed by atoms with Gasteiger partial charge in [-0.2, -0.15) is 4.99 Å². The Kier molecular flexibility index (Phi) is 4.55. The van der Waals surface area contributed by atoms with Crippen molar-refractivity contribution < 1.29 is 14.3 Å². The Morgan fingerprint density at radius 3 is 2.75 bits per heavy atom. The highest BCUT2D eigenvalue weighted by Gasteiger charge is 2.09. The van der Waals surface area contributed by atoms with E-state index >= 15 is 0 Å². The first kappa shape index (κ1) is 12.3. The molecule has 0 saturated carbocycles. The normalized spacial score (nSPS) is 11.4. The Hall–Kier alpha value is -1.80. The number of hydrogen-bond acceptors (Lipinski definition) is 4. The van der Waals surface area contributed by atoms with Gasteiger partial charge in [-0.3, -0.25) is 0 Å². The summed E-state index contributed by atoms with van der Waals surface area (Å²) in [7, 11) is 1.58. The molecule has 0 amide bonds. The van der Waals surface area contributed by atoms with Crippen LogP contribution in [0.5, 0.6) is 11.5 Å². The van der Waals surface area contributed by atoms with Crippen LogP contribution in [0.3, 0.4) is 0 Å². The number of carbonyl (C=O) groups excluding carboxylic acids is 1. The van der Waals surface area contributed by atoms with Gasteiger partial charge < -0.3 is 9.47 Å². The first-order valence-electron chi connectivity index (χ1n) is 5.10. The third kappa shape index (κ3) is 2.84. The molecule has 1 aromatic carbocycles. The molecule has 0 bridgehead atoms. The van der Waals surface area contributed by atoms with Gasteiger partial charge in [-0.1, -0.05) is 6.07 Å². The second-order valence-electron chi connectivity index (χ2n) is 3.24. The molecule has 0 aliphatic carbocycles. The van der Waals surface area contributed by atoms with E-state index in [0.29, 0.717) is 18.1 Å². The Balaban J connectivity index is 3.02. The Bertz CT molecular complexity index is 397. The van der Waals surface area contributed by atoms with Crippen molar-refractivity contribution in [2.24, 2.45) is 4.99 Å².